The van der Waals surface area contributed by atoms with Gasteiger partial charge in [-0.1, -0.05) is 26.0 Å². The van der Waals surface area contributed by atoms with Gasteiger partial charge in [0.1, 0.15) is 5.75 Å². The first kappa shape index (κ1) is 22.3. The van der Waals surface area contributed by atoms with Crippen LogP contribution in [0.5, 0.6) is 5.75 Å². The van der Waals surface area contributed by atoms with Crippen LogP contribution in [0, 0.1) is 5.92 Å². The summed E-state index contributed by atoms with van der Waals surface area (Å²) in [5, 5.41) is 5.75. The summed E-state index contributed by atoms with van der Waals surface area (Å²) in [6, 6.07) is 7.46. The summed E-state index contributed by atoms with van der Waals surface area (Å²) in [7, 11) is 0. The van der Waals surface area contributed by atoms with Gasteiger partial charge in [-0.2, -0.15) is 0 Å². The molecule has 1 aliphatic rings. The van der Waals surface area contributed by atoms with E-state index in [4.69, 9.17) is 10.5 Å². The summed E-state index contributed by atoms with van der Waals surface area (Å²) in [6.45, 7) is 4.69. The average Bonchev–Trinajstić information content (AvgIpc) is 3.37. The van der Waals surface area contributed by atoms with Crippen molar-refractivity contribution in [2.24, 2.45) is 11.7 Å². The molecular formula is C19H30ClN3O3. The van der Waals surface area contributed by atoms with Crippen molar-refractivity contribution < 1.29 is 14.3 Å². The molecule has 0 spiro atoms. The maximum atomic E-state index is 11.9. The quantitative estimate of drug-likeness (QED) is 0.574. The van der Waals surface area contributed by atoms with Crippen LogP contribution in [0.3, 0.4) is 0 Å². The molecule has 1 aromatic rings. The largest absolute Gasteiger partial charge is 0.484 e. The highest BCUT2D eigenvalue weighted by Crippen LogP contribution is 2.18. The van der Waals surface area contributed by atoms with Gasteiger partial charge in [0, 0.05) is 12.6 Å². The lowest BCUT2D eigenvalue weighted by molar-refractivity contribution is -0.123. The Labute approximate surface area is 161 Å². The first-order valence-electron chi connectivity index (χ1n) is 8.98. The second-order valence-electron chi connectivity index (χ2n) is 7.05. The standard InChI is InChI=1S/C19H29N3O3.ClH/c1-13(2)11-17(20)19(24)21-10-9-14-3-7-16(8-4-14)25-12-18(23)22-15-5-6-15;/h3-4,7-8,13,15,17H,5-6,9-12,20H2,1-2H3,(H,21,24)(H,22,23);1H/t17-;/m0./s1. The van der Waals surface area contributed by atoms with E-state index in [0.717, 1.165) is 24.8 Å². The fourth-order valence-corrected chi connectivity index (χ4v) is 2.47. The maximum absolute atomic E-state index is 11.9. The third-order valence-electron chi connectivity index (χ3n) is 4.01. The number of nitrogens with one attached hydrogen (secondary N) is 2. The molecule has 4 N–H and O–H groups in total. The fourth-order valence-electron chi connectivity index (χ4n) is 2.47. The number of hydrogen-bond acceptors (Lipinski definition) is 4. The Morgan fingerprint density at radius 3 is 2.46 bits per heavy atom. The third-order valence-corrected chi connectivity index (χ3v) is 4.01. The second-order valence-corrected chi connectivity index (χ2v) is 7.05. The van der Waals surface area contributed by atoms with Gasteiger partial charge in [0.25, 0.3) is 5.91 Å². The van der Waals surface area contributed by atoms with E-state index in [-0.39, 0.29) is 30.8 Å². The number of carbonyl (C=O) groups is 2. The second kappa shape index (κ2) is 11.0. The molecule has 0 heterocycles. The van der Waals surface area contributed by atoms with Crippen molar-refractivity contribution in [2.75, 3.05) is 13.2 Å². The highest BCUT2D eigenvalue weighted by Gasteiger charge is 2.23. The monoisotopic (exact) mass is 383 g/mol. The molecule has 2 amide bonds. The highest BCUT2D eigenvalue weighted by atomic mass is 35.5. The molecular weight excluding hydrogens is 354 g/mol. The molecule has 0 saturated heterocycles. The van der Waals surface area contributed by atoms with E-state index >= 15 is 0 Å². The SMILES string of the molecule is CC(C)C[C@H](N)C(=O)NCCc1ccc(OCC(=O)NC2CC2)cc1.Cl. The Morgan fingerprint density at radius 1 is 1.23 bits per heavy atom. The summed E-state index contributed by atoms with van der Waals surface area (Å²) >= 11 is 0. The Morgan fingerprint density at radius 2 is 1.88 bits per heavy atom. The van der Waals surface area contributed by atoms with E-state index in [1.807, 2.05) is 38.1 Å². The fraction of sp³-hybridized carbons (Fsp3) is 0.579. The molecule has 26 heavy (non-hydrogen) atoms. The van der Waals surface area contributed by atoms with Gasteiger partial charge in [-0.3, -0.25) is 9.59 Å². The molecule has 7 heteroatoms. The van der Waals surface area contributed by atoms with Crippen LogP contribution in [-0.2, 0) is 16.0 Å². The lowest BCUT2D eigenvalue weighted by atomic mass is 10.0. The van der Waals surface area contributed by atoms with Crippen molar-refractivity contribution in [3.05, 3.63) is 29.8 Å². The Hall–Kier alpha value is -1.79. The van der Waals surface area contributed by atoms with Gasteiger partial charge in [-0.15, -0.1) is 12.4 Å². The van der Waals surface area contributed by atoms with E-state index < -0.39 is 6.04 Å². The molecule has 146 valence electrons. The molecule has 0 aliphatic heterocycles. The summed E-state index contributed by atoms with van der Waals surface area (Å²) in [5.41, 5.74) is 6.94. The van der Waals surface area contributed by atoms with Gasteiger partial charge < -0.3 is 21.1 Å². The van der Waals surface area contributed by atoms with Crippen molar-refractivity contribution in [2.45, 2.75) is 51.6 Å². The zero-order valence-electron chi connectivity index (χ0n) is 15.5. The minimum Gasteiger partial charge on any atom is -0.484 e. The van der Waals surface area contributed by atoms with Gasteiger partial charge in [-0.05, 0) is 49.3 Å². The predicted molar refractivity (Wildman–Crippen MR) is 104 cm³/mol. The van der Waals surface area contributed by atoms with Gasteiger partial charge in [-0.25, -0.2) is 0 Å². The van der Waals surface area contributed by atoms with Gasteiger partial charge in [0.05, 0.1) is 6.04 Å². The Bertz CT molecular complexity index is 574. The zero-order chi connectivity index (χ0) is 18.2. The number of nitrogens with two attached hydrogens (primary N) is 1. The van der Waals surface area contributed by atoms with Crippen molar-refractivity contribution in [3.63, 3.8) is 0 Å². The Balaban J connectivity index is 0.00000338. The number of halogens is 1. The van der Waals surface area contributed by atoms with Gasteiger partial charge >= 0.3 is 0 Å². The van der Waals surface area contributed by atoms with Crippen LogP contribution in [0.4, 0.5) is 0 Å². The zero-order valence-corrected chi connectivity index (χ0v) is 16.3. The molecule has 0 unspecified atom stereocenters. The van der Waals surface area contributed by atoms with Crippen molar-refractivity contribution in [1.29, 1.82) is 0 Å². The highest BCUT2D eigenvalue weighted by molar-refractivity contribution is 5.85. The van der Waals surface area contributed by atoms with Crippen LogP contribution in [0.1, 0.15) is 38.7 Å². The molecule has 1 aliphatic carbocycles. The van der Waals surface area contributed by atoms with Crippen molar-refractivity contribution in [3.8, 4) is 5.75 Å². The lowest BCUT2D eigenvalue weighted by Gasteiger charge is -2.14. The number of ether oxygens (including phenoxy) is 1. The molecule has 6 nitrogen and oxygen atoms in total. The van der Waals surface area contributed by atoms with E-state index in [0.29, 0.717) is 30.7 Å². The molecule has 2 rings (SSSR count). The number of rotatable bonds is 10. The van der Waals surface area contributed by atoms with Crippen molar-refractivity contribution >= 4 is 24.2 Å². The first-order valence-corrected chi connectivity index (χ1v) is 8.98. The third kappa shape index (κ3) is 8.54. The minimum absolute atomic E-state index is 0. The summed E-state index contributed by atoms with van der Waals surface area (Å²) < 4.78 is 5.46. The van der Waals surface area contributed by atoms with Crippen LogP contribution in [0.15, 0.2) is 24.3 Å². The number of amides is 2. The molecule has 1 atom stereocenters. The molecule has 1 saturated carbocycles. The molecule has 0 aromatic heterocycles. The van der Waals surface area contributed by atoms with Gasteiger partial charge in [0.2, 0.25) is 5.91 Å². The first-order chi connectivity index (χ1) is 11.9. The molecule has 1 fully saturated rings. The molecule has 1 aromatic carbocycles. The van der Waals surface area contributed by atoms with Crippen LogP contribution >= 0.6 is 12.4 Å². The predicted octanol–water partition coefficient (Wildman–Crippen LogP) is 1.80. The smallest absolute Gasteiger partial charge is 0.258 e. The van der Waals surface area contributed by atoms with Crippen LogP contribution < -0.4 is 21.1 Å². The van der Waals surface area contributed by atoms with Crippen LogP contribution in [-0.4, -0.2) is 37.0 Å². The topological polar surface area (TPSA) is 93.5 Å². The van der Waals surface area contributed by atoms with E-state index in [1.54, 1.807) is 0 Å². The van der Waals surface area contributed by atoms with E-state index in [2.05, 4.69) is 10.6 Å². The van der Waals surface area contributed by atoms with Crippen LogP contribution in [0.25, 0.3) is 0 Å². The summed E-state index contributed by atoms with van der Waals surface area (Å²) in [6.07, 6.45) is 3.55. The average molecular weight is 384 g/mol. The van der Waals surface area contributed by atoms with E-state index in [1.165, 1.54) is 0 Å². The van der Waals surface area contributed by atoms with Crippen LogP contribution in [0.2, 0.25) is 0 Å². The summed E-state index contributed by atoms with van der Waals surface area (Å²) in [5.74, 6) is 0.889. The van der Waals surface area contributed by atoms with Crippen molar-refractivity contribution in [1.82, 2.24) is 10.6 Å². The maximum Gasteiger partial charge on any atom is 0.258 e. The summed E-state index contributed by atoms with van der Waals surface area (Å²) in [4.78, 5) is 23.4. The minimum atomic E-state index is -0.447. The van der Waals surface area contributed by atoms with E-state index in [9.17, 15) is 9.59 Å². The number of hydrogen-bond donors (Lipinski definition) is 3. The molecule has 0 bridgehead atoms. The number of carbonyl (C=O) groups excluding carboxylic acids is 2. The lowest BCUT2D eigenvalue weighted by Crippen LogP contribution is -2.42. The Kier molecular flexibility index (Phi) is 9.44. The van der Waals surface area contributed by atoms with Gasteiger partial charge in [0.15, 0.2) is 6.61 Å². The molecule has 0 radical (unpaired) electrons. The normalized spacial score (nSPS) is 14.3. The number of benzene rings is 1.